The lowest BCUT2D eigenvalue weighted by Crippen LogP contribution is -2.32. The highest BCUT2D eigenvalue weighted by atomic mass is 14.9. The van der Waals surface area contributed by atoms with Gasteiger partial charge in [-0.2, -0.15) is 0 Å². The van der Waals surface area contributed by atoms with Crippen LogP contribution < -0.4 is 11.1 Å². The van der Waals surface area contributed by atoms with Crippen LogP contribution in [0.1, 0.15) is 18.1 Å². The highest BCUT2D eigenvalue weighted by molar-refractivity contribution is 5.16. The van der Waals surface area contributed by atoms with E-state index in [-0.39, 0.29) is 0 Å². The first-order valence-electron chi connectivity index (χ1n) is 4.56. The van der Waals surface area contributed by atoms with Crippen LogP contribution in [0.5, 0.6) is 0 Å². The van der Waals surface area contributed by atoms with Crippen molar-refractivity contribution in [2.24, 2.45) is 5.73 Å². The van der Waals surface area contributed by atoms with E-state index in [1.807, 2.05) is 19.3 Å². The van der Waals surface area contributed by atoms with E-state index in [0.29, 0.717) is 12.6 Å². The number of aryl methyl sites for hydroxylation is 1. The summed E-state index contributed by atoms with van der Waals surface area (Å²) in [5, 5.41) is 3.31. The summed E-state index contributed by atoms with van der Waals surface area (Å²) in [7, 11) is 0. The maximum atomic E-state index is 5.49. The van der Waals surface area contributed by atoms with Crippen LogP contribution in [0, 0.1) is 6.92 Å². The summed E-state index contributed by atoms with van der Waals surface area (Å²) in [4.78, 5) is 4.12. The first-order valence-corrected chi connectivity index (χ1v) is 4.56. The molecule has 0 radical (unpaired) electrons. The van der Waals surface area contributed by atoms with E-state index in [2.05, 4.69) is 23.3 Å². The molecular formula is C10H17N3. The van der Waals surface area contributed by atoms with Gasteiger partial charge in [-0.3, -0.25) is 4.98 Å². The van der Waals surface area contributed by atoms with Crippen molar-refractivity contribution >= 4 is 0 Å². The van der Waals surface area contributed by atoms with Gasteiger partial charge in [-0.1, -0.05) is 6.07 Å². The number of nitrogens with one attached hydrogen (secondary N) is 1. The fourth-order valence-electron chi connectivity index (χ4n) is 1.09. The molecule has 0 aliphatic carbocycles. The van der Waals surface area contributed by atoms with Crippen molar-refractivity contribution in [1.29, 1.82) is 0 Å². The number of nitrogens with two attached hydrogens (primary N) is 1. The minimum absolute atomic E-state index is 0.362. The number of hydrogen-bond acceptors (Lipinski definition) is 3. The average molecular weight is 179 g/mol. The number of aromatic nitrogens is 1. The minimum Gasteiger partial charge on any atom is -0.329 e. The van der Waals surface area contributed by atoms with Crippen molar-refractivity contribution in [3.05, 3.63) is 29.6 Å². The highest BCUT2D eigenvalue weighted by Crippen LogP contribution is 2.00. The molecule has 1 atom stereocenters. The van der Waals surface area contributed by atoms with Crippen LogP contribution in [-0.2, 0) is 6.54 Å². The van der Waals surface area contributed by atoms with Crippen molar-refractivity contribution in [2.75, 3.05) is 6.54 Å². The van der Waals surface area contributed by atoms with Crippen LogP contribution in [0.4, 0.5) is 0 Å². The molecule has 0 aliphatic heterocycles. The SMILES string of the molecule is Cc1cncc(CN[C@@H](C)CN)c1. The Morgan fingerprint density at radius 3 is 2.92 bits per heavy atom. The molecule has 72 valence electrons. The third-order valence-corrected chi connectivity index (χ3v) is 1.94. The van der Waals surface area contributed by atoms with Crippen LogP contribution in [-0.4, -0.2) is 17.6 Å². The second-order valence-electron chi connectivity index (χ2n) is 3.39. The zero-order valence-electron chi connectivity index (χ0n) is 8.25. The molecule has 0 bridgehead atoms. The average Bonchev–Trinajstić information content (AvgIpc) is 2.14. The van der Waals surface area contributed by atoms with Gasteiger partial charge >= 0.3 is 0 Å². The molecule has 0 unspecified atom stereocenters. The Kier molecular flexibility index (Phi) is 3.86. The summed E-state index contributed by atoms with van der Waals surface area (Å²) < 4.78 is 0. The number of rotatable bonds is 4. The second-order valence-corrected chi connectivity index (χ2v) is 3.39. The van der Waals surface area contributed by atoms with Gasteiger partial charge in [-0.25, -0.2) is 0 Å². The third-order valence-electron chi connectivity index (χ3n) is 1.94. The van der Waals surface area contributed by atoms with E-state index in [9.17, 15) is 0 Å². The van der Waals surface area contributed by atoms with Gasteiger partial charge in [0.1, 0.15) is 0 Å². The topological polar surface area (TPSA) is 50.9 Å². The Morgan fingerprint density at radius 1 is 1.54 bits per heavy atom. The Labute approximate surface area is 79.4 Å². The predicted octanol–water partition coefficient (Wildman–Crippen LogP) is 0.827. The lowest BCUT2D eigenvalue weighted by molar-refractivity contribution is 0.555. The largest absolute Gasteiger partial charge is 0.329 e. The number of nitrogens with zero attached hydrogens (tertiary/aromatic N) is 1. The van der Waals surface area contributed by atoms with Gasteiger partial charge in [-0.15, -0.1) is 0 Å². The van der Waals surface area contributed by atoms with Crippen molar-refractivity contribution in [2.45, 2.75) is 26.4 Å². The highest BCUT2D eigenvalue weighted by Gasteiger charge is 1.98. The van der Waals surface area contributed by atoms with Crippen molar-refractivity contribution in [1.82, 2.24) is 10.3 Å². The first-order chi connectivity index (χ1) is 6.22. The van der Waals surface area contributed by atoms with Crippen LogP contribution in [0.3, 0.4) is 0 Å². The standard InChI is InChI=1S/C10H17N3/c1-8-3-10(6-12-5-8)7-13-9(2)4-11/h3,5-6,9,13H,4,7,11H2,1-2H3/t9-/m0/s1. The van der Waals surface area contributed by atoms with E-state index >= 15 is 0 Å². The fourth-order valence-corrected chi connectivity index (χ4v) is 1.09. The molecule has 3 N–H and O–H groups in total. The molecule has 0 amide bonds. The van der Waals surface area contributed by atoms with Crippen molar-refractivity contribution in [3.8, 4) is 0 Å². The lowest BCUT2D eigenvalue weighted by atomic mass is 10.2. The van der Waals surface area contributed by atoms with Gasteiger partial charge in [-0.05, 0) is 25.0 Å². The molecule has 1 aromatic rings. The smallest absolute Gasteiger partial charge is 0.0313 e. The van der Waals surface area contributed by atoms with Gasteiger partial charge < -0.3 is 11.1 Å². The molecule has 3 nitrogen and oxygen atoms in total. The van der Waals surface area contributed by atoms with Gasteiger partial charge in [0.15, 0.2) is 0 Å². The van der Waals surface area contributed by atoms with Crippen LogP contribution >= 0.6 is 0 Å². The summed E-state index contributed by atoms with van der Waals surface area (Å²) in [6.45, 7) is 5.62. The van der Waals surface area contributed by atoms with E-state index in [4.69, 9.17) is 5.73 Å². The third kappa shape index (κ3) is 3.53. The van der Waals surface area contributed by atoms with E-state index < -0.39 is 0 Å². The molecule has 13 heavy (non-hydrogen) atoms. The fraction of sp³-hybridized carbons (Fsp3) is 0.500. The van der Waals surface area contributed by atoms with Gasteiger partial charge in [0.05, 0.1) is 0 Å². The molecule has 1 rings (SSSR count). The van der Waals surface area contributed by atoms with E-state index in [1.165, 1.54) is 11.1 Å². The summed E-state index contributed by atoms with van der Waals surface area (Å²) >= 11 is 0. The predicted molar refractivity (Wildman–Crippen MR) is 54.3 cm³/mol. The van der Waals surface area contributed by atoms with Gasteiger partial charge in [0, 0.05) is 31.5 Å². The summed E-state index contributed by atoms with van der Waals surface area (Å²) in [6, 6.07) is 2.49. The lowest BCUT2D eigenvalue weighted by Gasteiger charge is -2.10. The Morgan fingerprint density at radius 2 is 2.31 bits per heavy atom. The summed E-state index contributed by atoms with van der Waals surface area (Å²) in [5.74, 6) is 0. The molecule has 1 heterocycles. The van der Waals surface area contributed by atoms with E-state index in [0.717, 1.165) is 6.54 Å². The Balaban J connectivity index is 2.45. The number of pyridine rings is 1. The van der Waals surface area contributed by atoms with Gasteiger partial charge in [0.2, 0.25) is 0 Å². The summed E-state index contributed by atoms with van der Waals surface area (Å²) in [5.41, 5.74) is 7.89. The molecule has 1 aromatic heterocycles. The monoisotopic (exact) mass is 179 g/mol. The Hall–Kier alpha value is -0.930. The molecule has 0 fully saturated rings. The molecule has 0 aliphatic rings. The zero-order valence-corrected chi connectivity index (χ0v) is 8.25. The van der Waals surface area contributed by atoms with Crippen molar-refractivity contribution in [3.63, 3.8) is 0 Å². The van der Waals surface area contributed by atoms with Crippen molar-refractivity contribution < 1.29 is 0 Å². The maximum absolute atomic E-state index is 5.49. The van der Waals surface area contributed by atoms with Crippen LogP contribution in [0.15, 0.2) is 18.5 Å². The van der Waals surface area contributed by atoms with Gasteiger partial charge in [0.25, 0.3) is 0 Å². The minimum atomic E-state index is 0.362. The molecule has 0 aromatic carbocycles. The molecular weight excluding hydrogens is 162 g/mol. The quantitative estimate of drug-likeness (QED) is 0.719. The molecule has 0 saturated carbocycles. The molecule has 3 heteroatoms. The number of hydrogen-bond donors (Lipinski definition) is 2. The van der Waals surface area contributed by atoms with E-state index in [1.54, 1.807) is 0 Å². The summed E-state index contributed by atoms with van der Waals surface area (Å²) in [6.07, 6.45) is 3.74. The first kappa shape index (κ1) is 10.2. The Bertz CT molecular complexity index is 260. The second kappa shape index (κ2) is 4.94. The molecule has 0 spiro atoms. The van der Waals surface area contributed by atoms with Crippen LogP contribution in [0.25, 0.3) is 0 Å². The zero-order chi connectivity index (χ0) is 9.68. The normalized spacial score (nSPS) is 12.8. The van der Waals surface area contributed by atoms with Crippen LogP contribution in [0.2, 0.25) is 0 Å². The molecule has 0 saturated heterocycles. The maximum Gasteiger partial charge on any atom is 0.0313 e.